The van der Waals surface area contributed by atoms with Crippen molar-refractivity contribution in [2.24, 2.45) is 5.10 Å². The number of carbonyl (C=O) groups excluding carboxylic acids is 2. The first kappa shape index (κ1) is 21.5. The fourth-order valence-electron chi connectivity index (χ4n) is 3.84. The molecule has 1 aliphatic rings. The summed E-state index contributed by atoms with van der Waals surface area (Å²) < 4.78 is 0. The fraction of sp³-hybridized carbons (Fsp3) is 0.222. The molecule has 3 aromatic rings. The molecule has 5 nitrogen and oxygen atoms in total. The number of amides is 2. The van der Waals surface area contributed by atoms with Gasteiger partial charge in [-0.15, -0.1) is 0 Å². The van der Waals surface area contributed by atoms with Crippen molar-refractivity contribution in [2.45, 2.75) is 25.7 Å². The maximum atomic E-state index is 13.1. The third-order valence-corrected chi connectivity index (χ3v) is 5.59. The third kappa shape index (κ3) is 5.49. The molecule has 0 saturated heterocycles. The van der Waals surface area contributed by atoms with Crippen LogP contribution in [0.25, 0.3) is 0 Å². The van der Waals surface area contributed by atoms with Gasteiger partial charge in [0.2, 0.25) is 11.8 Å². The van der Waals surface area contributed by atoms with Crippen molar-refractivity contribution in [1.82, 2.24) is 5.01 Å². The van der Waals surface area contributed by atoms with Gasteiger partial charge in [0.25, 0.3) is 0 Å². The minimum atomic E-state index is -0.111. The molecule has 162 valence electrons. The average Bonchev–Trinajstić information content (AvgIpc) is 3.35. The lowest BCUT2D eigenvalue weighted by Gasteiger charge is -2.23. The molecule has 0 atom stereocenters. The first-order valence-corrected chi connectivity index (χ1v) is 11.0. The van der Waals surface area contributed by atoms with Crippen molar-refractivity contribution < 1.29 is 9.59 Å². The maximum absolute atomic E-state index is 13.1. The predicted octanol–water partition coefficient (Wildman–Crippen LogP) is 4.68. The quantitative estimate of drug-likeness (QED) is 0.526. The Morgan fingerprint density at radius 3 is 2.12 bits per heavy atom. The van der Waals surface area contributed by atoms with Gasteiger partial charge in [-0.25, -0.2) is 5.01 Å². The van der Waals surface area contributed by atoms with E-state index in [0.29, 0.717) is 13.1 Å². The SMILES string of the molecule is O=C(CCC(=O)N(CCc1ccccc1)c1ccccc1)N1CCC(c2ccccc2)=N1. The number of hydrogen-bond acceptors (Lipinski definition) is 3. The molecule has 0 aliphatic carbocycles. The molecule has 0 unspecified atom stereocenters. The van der Waals surface area contributed by atoms with Crippen LogP contribution in [0.4, 0.5) is 5.69 Å². The Morgan fingerprint density at radius 1 is 0.812 bits per heavy atom. The van der Waals surface area contributed by atoms with Crippen molar-refractivity contribution in [3.05, 3.63) is 102 Å². The van der Waals surface area contributed by atoms with Gasteiger partial charge in [0.05, 0.1) is 12.3 Å². The van der Waals surface area contributed by atoms with Gasteiger partial charge in [-0.1, -0.05) is 78.9 Å². The van der Waals surface area contributed by atoms with E-state index in [0.717, 1.165) is 29.8 Å². The van der Waals surface area contributed by atoms with Crippen molar-refractivity contribution >= 4 is 23.2 Å². The summed E-state index contributed by atoms with van der Waals surface area (Å²) in [5, 5.41) is 6.00. The van der Waals surface area contributed by atoms with Gasteiger partial charge >= 0.3 is 0 Å². The van der Waals surface area contributed by atoms with Crippen LogP contribution in [-0.2, 0) is 16.0 Å². The number of para-hydroxylation sites is 1. The highest BCUT2D eigenvalue weighted by Gasteiger charge is 2.23. The fourth-order valence-corrected chi connectivity index (χ4v) is 3.84. The highest BCUT2D eigenvalue weighted by atomic mass is 16.2. The normalized spacial score (nSPS) is 13.0. The van der Waals surface area contributed by atoms with E-state index in [1.54, 1.807) is 4.90 Å². The maximum Gasteiger partial charge on any atom is 0.243 e. The summed E-state index contributed by atoms with van der Waals surface area (Å²) in [7, 11) is 0. The van der Waals surface area contributed by atoms with Crippen molar-refractivity contribution in [3.63, 3.8) is 0 Å². The summed E-state index contributed by atoms with van der Waals surface area (Å²) >= 11 is 0. The molecule has 0 bridgehead atoms. The van der Waals surface area contributed by atoms with Crippen LogP contribution in [0.3, 0.4) is 0 Å². The molecular weight excluding hydrogens is 398 g/mol. The number of benzene rings is 3. The van der Waals surface area contributed by atoms with Crippen LogP contribution in [0, 0.1) is 0 Å². The number of hydrogen-bond donors (Lipinski definition) is 0. The summed E-state index contributed by atoms with van der Waals surface area (Å²) in [5.41, 5.74) is 3.98. The van der Waals surface area contributed by atoms with Gasteiger partial charge in [-0.3, -0.25) is 9.59 Å². The van der Waals surface area contributed by atoms with E-state index in [9.17, 15) is 9.59 Å². The Kier molecular flexibility index (Phi) is 7.08. The highest BCUT2D eigenvalue weighted by Crippen LogP contribution is 2.18. The lowest BCUT2D eigenvalue weighted by Crippen LogP contribution is -2.34. The smallest absolute Gasteiger partial charge is 0.243 e. The third-order valence-electron chi connectivity index (χ3n) is 5.59. The largest absolute Gasteiger partial charge is 0.312 e. The molecule has 5 heteroatoms. The second kappa shape index (κ2) is 10.5. The summed E-state index contributed by atoms with van der Waals surface area (Å²) in [6, 6.07) is 29.7. The summed E-state index contributed by atoms with van der Waals surface area (Å²) in [5.74, 6) is -0.160. The van der Waals surface area contributed by atoms with Crippen LogP contribution in [0.5, 0.6) is 0 Å². The zero-order valence-electron chi connectivity index (χ0n) is 18.1. The van der Waals surface area contributed by atoms with Crippen molar-refractivity contribution in [3.8, 4) is 0 Å². The van der Waals surface area contributed by atoms with E-state index in [1.807, 2.05) is 78.9 Å². The minimum absolute atomic E-state index is 0.0491. The molecule has 3 aromatic carbocycles. The van der Waals surface area contributed by atoms with E-state index >= 15 is 0 Å². The van der Waals surface area contributed by atoms with Crippen molar-refractivity contribution in [1.29, 1.82) is 0 Å². The van der Waals surface area contributed by atoms with Crippen LogP contribution in [0.2, 0.25) is 0 Å². The van der Waals surface area contributed by atoms with Crippen LogP contribution < -0.4 is 4.90 Å². The molecular formula is C27H27N3O2. The second-order valence-corrected chi connectivity index (χ2v) is 7.80. The van der Waals surface area contributed by atoms with Gasteiger partial charge < -0.3 is 4.90 Å². The molecule has 0 N–H and O–H groups in total. The molecule has 0 saturated carbocycles. The predicted molar refractivity (Wildman–Crippen MR) is 127 cm³/mol. The van der Waals surface area contributed by atoms with E-state index < -0.39 is 0 Å². The number of carbonyl (C=O) groups is 2. The topological polar surface area (TPSA) is 53.0 Å². The van der Waals surface area contributed by atoms with Gasteiger partial charge in [-0.2, -0.15) is 5.10 Å². The van der Waals surface area contributed by atoms with Crippen LogP contribution >= 0.6 is 0 Å². The Hall–Kier alpha value is -3.73. The van der Waals surface area contributed by atoms with Gasteiger partial charge in [0, 0.05) is 31.5 Å². The van der Waals surface area contributed by atoms with E-state index in [2.05, 4.69) is 17.2 Å². The molecule has 0 fully saturated rings. The molecule has 4 rings (SSSR count). The number of rotatable bonds is 8. The number of hydrazone groups is 1. The average molecular weight is 426 g/mol. The first-order chi connectivity index (χ1) is 15.7. The van der Waals surface area contributed by atoms with E-state index in [-0.39, 0.29) is 24.7 Å². The zero-order chi connectivity index (χ0) is 22.2. The van der Waals surface area contributed by atoms with Crippen molar-refractivity contribution in [2.75, 3.05) is 18.0 Å². The number of anilines is 1. The molecule has 2 amide bonds. The van der Waals surface area contributed by atoms with Gasteiger partial charge in [0.15, 0.2) is 0 Å². The zero-order valence-corrected chi connectivity index (χ0v) is 18.1. The summed E-state index contributed by atoms with van der Waals surface area (Å²) in [4.78, 5) is 27.6. The molecule has 0 spiro atoms. The highest BCUT2D eigenvalue weighted by molar-refractivity contribution is 6.03. The molecule has 0 radical (unpaired) electrons. The van der Waals surface area contributed by atoms with Crippen LogP contribution in [0.15, 0.2) is 96.1 Å². The molecule has 1 heterocycles. The minimum Gasteiger partial charge on any atom is -0.312 e. The lowest BCUT2D eigenvalue weighted by atomic mass is 10.1. The van der Waals surface area contributed by atoms with Crippen LogP contribution in [-0.4, -0.2) is 35.6 Å². The lowest BCUT2D eigenvalue weighted by molar-refractivity contribution is -0.132. The summed E-state index contributed by atoms with van der Waals surface area (Å²) in [6.07, 6.45) is 1.80. The molecule has 0 aromatic heterocycles. The molecule has 32 heavy (non-hydrogen) atoms. The van der Waals surface area contributed by atoms with Gasteiger partial charge in [-0.05, 0) is 29.7 Å². The summed E-state index contributed by atoms with van der Waals surface area (Å²) in [6.45, 7) is 1.13. The second-order valence-electron chi connectivity index (χ2n) is 7.80. The molecule has 1 aliphatic heterocycles. The Labute approximate surface area is 189 Å². The Morgan fingerprint density at radius 2 is 1.44 bits per heavy atom. The van der Waals surface area contributed by atoms with Gasteiger partial charge in [0.1, 0.15) is 0 Å². The standard InChI is InChI=1S/C27H27N3O2/c31-26(16-17-27(32)30-21-19-25(28-30)23-12-6-2-7-13-23)29(24-14-8-3-9-15-24)20-18-22-10-4-1-5-11-22/h1-15H,16-21H2. The number of nitrogens with zero attached hydrogens (tertiary/aromatic N) is 3. The van der Waals surface area contributed by atoms with E-state index in [1.165, 1.54) is 10.6 Å². The van der Waals surface area contributed by atoms with E-state index in [4.69, 9.17) is 0 Å². The monoisotopic (exact) mass is 425 g/mol. The Balaban J connectivity index is 1.37. The van der Waals surface area contributed by atoms with Crippen LogP contribution in [0.1, 0.15) is 30.4 Å². The Bertz CT molecular complexity index is 1070. The first-order valence-electron chi connectivity index (χ1n) is 11.0.